The maximum Gasteiger partial charge on any atom is 0.408 e. The maximum atomic E-state index is 14.1. The van der Waals surface area contributed by atoms with Gasteiger partial charge in [-0.15, -0.1) is 0 Å². The normalized spacial score (nSPS) is 16.4. The molecule has 0 bridgehead atoms. The minimum atomic E-state index is -1.71. The molecule has 21 nitrogen and oxygen atoms in total. The summed E-state index contributed by atoms with van der Waals surface area (Å²) < 4.78 is 5.17. The predicted molar refractivity (Wildman–Crippen MR) is 240 cm³/mol. The van der Waals surface area contributed by atoms with E-state index in [1.54, 1.807) is 34.6 Å². The van der Waals surface area contributed by atoms with Gasteiger partial charge >= 0.3 is 12.1 Å². The van der Waals surface area contributed by atoms with Gasteiger partial charge in [-0.1, -0.05) is 64.4 Å². The highest BCUT2D eigenvalue weighted by atomic mass is 32.2. The molecule has 362 valence electrons. The first-order chi connectivity index (χ1) is 30.4. The third kappa shape index (κ3) is 20.2. The largest absolute Gasteiger partial charge is 0.480 e. The smallest absolute Gasteiger partial charge is 0.408 e. The van der Waals surface area contributed by atoms with Gasteiger partial charge < -0.3 is 58.1 Å². The number of likely N-dealkylation sites (tertiary alicyclic amines) is 1. The highest BCUT2D eigenvalue weighted by Crippen LogP contribution is 2.22. The number of nitrogens with one attached hydrogen (secondary N) is 6. The average Bonchev–Trinajstić information content (AvgIpc) is 3.71. The fraction of sp³-hybridized carbons (Fsp3) is 0.628. The van der Waals surface area contributed by atoms with Crippen molar-refractivity contribution in [3.8, 4) is 0 Å². The second-order valence-corrected chi connectivity index (χ2v) is 18.4. The van der Waals surface area contributed by atoms with E-state index in [4.69, 9.17) is 16.2 Å². The summed E-state index contributed by atoms with van der Waals surface area (Å²) in [5.74, 6) is -8.27. The summed E-state index contributed by atoms with van der Waals surface area (Å²) in [6.07, 6.45) is -1.11. The molecule has 1 fully saturated rings. The zero-order valence-corrected chi connectivity index (χ0v) is 39.0. The Morgan fingerprint density at radius 2 is 1.45 bits per heavy atom. The lowest BCUT2D eigenvalue weighted by molar-refractivity contribution is -0.144. The number of nitrogens with zero attached hydrogens (tertiary/aromatic N) is 1. The van der Waals surface area contributed by atoms with Crippen LogP contribution in [-0.2, 0) is 53.6 Å². The fourth-order valence-electron chi connectivity index (χ4n) is 6.68. The molecule has 0 saturated carbocycles. The van der Waals surface area contributed by atoms with Crippen LogP contribution in [0.1, 0.15) is 99.0 Å². The number of amides is 9. The Morgan fingerprint density at radius 1 is 0.831 bits per heavy atom. The number of primary amides is 2. The van der Waals surface area contributed by atoms with E-state index in [0.717, 1.165) is 5.56 Å². The zero-order chi connectivity index (χ0) is 49.0. The van der Waals surface area contributed by atoms with Crippen LogP contribution in [0, 0.1) is 11.8 Å². The van der Waals surface area contributed by atoms with Crippen LogP contribution in [0.4, 0.5) is 4.79 Å². The molecule has 1 saturated heterocycles. The van der Waals surface area contributed by atoms with E-state index in [2.05, 4.69) is 31.9 Å². The van der Waals surface area contributed by atoms with Crippen molar-refractivity contribution in [2.75, 3.05) is 18.8 Å². The molecule has 65 heavy (non-hydrogen) atoms. The summed E-state index contributed by atoms with van der Waals surface area (Å²) in [6.45, 7) is 11.7. The zero-order valence-electron chi connectivity index (χ0n) is 38.2. The van der Waals surface area contributed by atoms with Crippen LogP contribution < -0.4 is 43.4 Å². The molecular weight excluding hydrogens is 867 g/mol. The standard InChI is InChI=1S/C43H67N9O12S/c1-8-25(4)35(41(61)62)51-36(56)27(16-17-32(44)53)48-37(57)28(20-33(45)54)49-38(58)30(23-65-22-26-13-10-9-11-14-26)50-39(59)31-15-12-18-52(31)40(60)29(19-24(2)3)47-34(55)21-46-42(63)64-43(5,6)7/h9-11,13-14,24-25,27-31,35H,8,12,15-23H2,1-7H3,(H2,44,53)(H2,45,54)(H,46,63)(H,47,55)(H,48,57)(H,49,58)(H,50,59)(H,51,56)(H,61,62)/t25-,27+,28+,29+,30+,31+,35+/m1/s1. The summed E-state index contributed by atoms with van der Waals surface area (Å²) >= 11 is 1.27. The molecule has 22 heteroatoms. The minimum Gasteiger partial charge on any atom is -0.480 e. The lowest BCUT2D eigenvalue weighted by atomic mass is 9.98. The molecule has 0 aromatic heterocycles. The van der Waals surface area contributed by atoms with Crippen LogP contribution in [0.15, 0.2) is 30.3 Å². The van der Waals surface area contributed by atoms with Gasteiger partial charge in [-0.2, -0.15) is 11.8 Å². The first kappa shape index (κ1) is 55.2. The van der Waals surface area contributed by atoms with E-state index in [1.807, 2.05) is 44.2 Å². The van der Waals surface area contributed by atoms with Crippen LogP contribution in [-0.4, -0.2) is 130 Å². The third-order valence-corrected chi connectivity index (χ3v) is 11.2. The van der Waals surface area contributed by atoms with Crippen LogP contribution in [0.3, 0.4) is 0 Å². The maximum absolute atomic E-state index is 14.1. The van der Waals surface area contributed by atoms with Gasteiger partial charge in [0.15, 0.2) is 0 Å². The summed E-state index contributed by atoms with van der Waals surface area (Å²) in [5.41, 5.74) is 10.9. The molecule has 9 amide bonds. The first-order valence-electron chi connectivity index (χ1n) is 21.6. The van der Waals surface area contributed by atoms with Crippen LogP contribution >= 0.6 is 11.8 Å². The molecule has 1 aliphatic heterocycles. The van der Waals surface area contributed by atoms with Crippen molar-refractivity contribution in [1.82, 2.24) is 36.8 Å². The van der Waals surface area contributed by atoms with Crippen LogP contribution in [0.25, 0.3) is 0 Å². The number of carboxylic acids is 1. The number of ether oxygens (including phenoxy) is 1. The average molecular weight is 934 g/mol. The number of carbonyl (C=O) groups is 10. The lowest BCUT2D eigenvalue weighted by Crippen LogP contribution is -2.60. The van der Waals surface area contributed by atoms with Gasteiger partial charge in [-0.3, -0.25) is 38.4 Å². The van der Waals surface area contributed by atoms with Gasteiger partial charge in [0.25, 0.3) is 0 Å². The monoisotopic (exact) mass is 933 g/mol. The number of aliphatic carboxylic acids is 1. The van der Waals surface area contributed by atoms with E-state index < -0.39 is 126 Å². The Bertz CT molecular complexity index is 1840. The molecular formula is C43H67N9O12S. The Hall–Kier alpha value is -5.93. The van der Waals surface area contributed by atoms with Crippen molar-refractivity contribution < 1.29 is 57.8 Å². The molecule has 7 atom stereocenters. The number of benzene rings is 1. The topological polar surface area (TPSA) is 328 Å². The molecule has 0 unspecified atom stereocenters. The Balaban J connectivity index is 2.37. The van der Waals surface area contributed by atoms with Gasteiger partial charge in [0.05, 0.1) is 6.42 Å². The van der Waals surface area contributed by atoms with Crippen molar-refractivity contribution in [1.29, 1.82) is 0 Å². The number of hydrogen-bond acceptors (Lipinski definition) is 12. The highest BCUT2D eigenvalue weighted by Gasteiger charge is 2.40. The molecule has 1 aliphatic rings. The summed E-state index contributed by atoms with van der Waals surface area (Å²) in [7, 11) is 0. The Morgan fingerprint density at radius 3 is 2.02 bits per heavy atom. The van der Waals surface area contributed by atoms with Gasteiger partial charge in [0.2, 0.25) is 47.3 Å². The molecule has 1 heterocycles. The number of carboxylic acid groups (broad SMARTS) is 1. The molecule has 1 aromatic carbocycles. The Labute approximate surface area is 383 Å². The summed E-state index contributed by atoms with van der Waals surface area (Å²) in [5, 5.41) is 24.7. The minimum absolute atomic E-state index is 0.0510. The van der Waals surface area contributed by atoms with E-state index in [1.165, 1.54) is 16.7 Å². The van der Waals surface area contributed by atoms with E-state index in [-0.39, 0.29) is 37.5 Å². The highest BCUT2D eigenvalue weighted by molar-refractivity contribution is 7.98. The van der Waals surface area contributed by atoms with E-state index in [9.17, 15) is 53.1 Å². The lowest BCUT2D eigenvalue weighted by Gasteiger charge is -2.31. The molecule has 1 aromatic rings. The molecule has 11 N–H and O–H groups in total. The number of rotatable bonds is 26. The van der Waals surface area contributed by atoms with Gasteiger partial charge in [0.1, 0.15) is 48.4 Å². The quantitative estimate of drug-likeness (QED) is 0.0600. The first-order valence-corrected chi connectivity index (χ1v) is 22.8. The van der Waals surface area contributed by atoms with Crippen molar-refractivity contribution >= 4 is 71.1 Å². The van der Waals surface area contributed by atoms with Crippen molar-refractivity contribution in [2.45, 2.75) is 141 Å². The SMILES string of the molecule is CC[C@@H](C)[C@H](NC(=O)[C@H](CCC(N)=O)NC(=O)[C@H](CC(N)=O)NC(=O)[C@H](CSCc1ccccc1)NC(=O)[C@@H]1CCCN1C(=O)[C@H](CC(C)C)NC(=O)CNC(=O)OC(C)(C)C)C(=O)O. The van der Waals surface area contributed by atoms with Crippen molar-refractivity contribution in [2.24, 2.45) is 23.3 Å². The van der Waals surface area contributed by atoms with Gasteiger partial charge in [-0.05, 0) is 63.9 Å². The summed E-state index contributed by atoms with van der Waals surface area (Å²) in [4.78, 5) is 132. The van der Waals surface area contributed by atoms with Crippen molar-refractivity contribution in [3.63, 3.8) is 0 Å². The second kappa shape index (κ2) is 26.8. The van der Waals surface area contributed by atoms with E-state index >= 15 is 0 Å². The Kier molecular flexibility index (Phi) is 22.7. The molecule has 2 rings (SSSR count). The number of hydrogen-bond donors (Lipinski definition) is 9. The van der Waals surface area contributed by atoms with E-state index in [0.29, 0.717) is 18.6 Å². The number of carbonyl (C=O) groups excluding carboxylic acids is 9. The third-order valence-electron chi connectivity index (χ3n) is 10.1. The fourth-order valence-corrected chi connectivity index (χ4v) is 7.69. The summed E-state index contributed by atoms with van der Waals surface area (Å²) in [6, 6.07) is 1.15. The molecule has 0 aliphatic carbocycles. The van der Waals surface area contributed by atoms with Crippen LogP contribution in [0.2, 0.25) is 0 Å². The van der Waals surface area contributed by atoms with Gasteiger partial charge in [0, 0.05) is 24.5 Å². The number of thioether (sulfide) groups is 1. The molecule has 0 radical (unpaired) electrons. The number of nitrogens with two attached hydrogens (primary N) is 2. The predicted octanol–water partition coefficient (Wildman–Crippen LogP) is 0.177. The number of alkyl carbamates (subject to hydrolysis) is 1. The van der Waals surface area contributed by atoms with Crippen molar-refractivity contribution in [3.05, 3.63) is 35.9 Å². The molecule has 0 spiro atoms. The van der Waals surface area contributed by atoms with Crippen LogP contribution in [0.5, 0.6) is 0 Å². The second-order valence-electron chi connectivity index (χ2n) is 17.4. The van der Waals surface area contributed by atoms with Gasteiger partial charge in [-0.25, -0.2) is 9.59 Å².